The quantitative estimate of drug-likeness (QED) is 0.614. The highest BCUT2D eigenvalue weighted by molar-refractivity contribution is 7.92. The first kappa shape index (κ1) is 22.5. The zero-order valence-corrected chi connectivity index (χ0v) is 19.5. The maximum atomic E-state index is 13.2. The molecule has 0 saturated carbocycles. The van der Waals surface area contributed by atoms with Gasteiger partial charge in [-0.25, -0.2) is 8.42 Å². The van der Waals surface area contributed by atoms with E-state index in [0.717, 1.165) is 11.1 Å². The second-order valence-corrected chi connectivity index (χ2v) is 10.7. The minimum atomic E-state index is -3.93. The van der Waals surface area contributed by atoms with Crippen LogP contribution in [-0.2, 0) is 28.5 Å². The Bertz CT molecular complexity index is 1350. The highest BCUT2D eigenvalue weighted by Gasteiger charge is 2.33. The van der Waals surface area contributed by atoms with Crippen LogP contribution < -0.4 is 4.72 Å². The zero-order valence-electron chi connectivity index (χ0n) is 18.7. The molecule has 0 fully saturated rings. The normalized spacial score (nSPS) is 13.5. The van der Waals surface area contributed by atoms with Crippen LogP contribution in [-0.4, -0.2) is 24.2 Å². The summed E-state index contributed by atoms with van der Waals surface area (Å²) < 4.78 is 28.7. The van der Waals surface area contributed by atoms with E-state index in [1.807, 2.05) is 6.07 Å². The largest absolute Gasteiger partial charge is 0.330 e. The molecule has 1 aromatic heterocycles. The first-order chi connectivity index (χ1) is 15.6. The number of aromatic nitrogens is 1. The van der Waals surface area contributed by atoms with E-state index < -0.39 is 10.0 Å². The summed E-state index contributed by atoms with van der Waals surface area (Å²) in [5.74, 6) is -0.327. The molecule has 0 saturated heterocycles. The van der Waals surface area contributed by atoms with Crippen molar-refractivity contribution < 1.29 is 13.2 Å². The number of hydrogen-bond acceptors (Lipinski definition) is 5. The van der Waals surface area contributed by atoms with Gasteiger partial charge in [-0.05, 0) is 46.9 Å². The third kappa shape index (κ3) is 4.45. The first-order valence-corrected chi connectivity index (χ1v) is 12.0. The molecule has 1 amide bonds. The third-order valence-electron chi connectivity index (χ3n) is 5.65. The van der Waals surface area contributed by atoms with Crippen LogP contribution in [0.15, 0.2) is 65.8 Å². The van der Waals surface area contributed by atoms with Crippen molar-refractivity contribution in [2.45, 2.75) is 44.2 Å². The number of pyridine rings is 1. The molecule has 8 heteroatoms. The van der Waals surface area contributed by atoms with Crippen LogP contribution in [0.5, 0.6) is 0 Å². The van der Waals surface area contributed by atoms with Crippen LogP contribution >= 0.6 is 0 Å². The minimum Gasteiger partial charge on any atom is -0.330 e. The molecule has 4 rings (SSSR count). The fraction of sp³-hybridized carbons (Fsp3) is 0.240. The molecule has 0 spiro atoms. The lowest BCUT2D eigenvalue weighted by Crippen LogP contribution is -2.24. The van der Waals surface area contributed by atoms with Crippen molar-refractivity contribution in [1.29, 1.82) is 5.26 Å². The van der Waals surface area contributed by atoms with E-state index in [1.54, 1.807) is 53.7 Å². The van der Waals surface area contributed by atoms with Gasteiger partial charge >= 0.3 is 0 Å². The highest BCUT2D eigenvalue weighted by Crippen LogP contribution is 2.34. The molecule has 2 heterocycles. The Hall–Kier alpha value is -3.70. The molecule has 168 valence electrons. The van der Waals surface area contributed by atoms with E-state index in [1.165, 1.54) is 6.07 Å². The molecule has 1 aliphatic heterocycles. The molecule has 3 aromatic rings. The summed E-state index contributed by atoms with van der Waals surface area (Å²) in [7, 11) is -3.93. The molecule has 1 aliphatic rings. The lowest BCUT2D eigenvalue weighted by atomic mass is 9.87. The number of anilines is 1. The SMILES string of the molecule is CC(C)(C)c1ccc(S(=O)(=O)Nc2ccc(C#N)c3c2C(=O)N(Cc2cccnc2)C3)cc1. The van der Waals surface area contributed by atoms with Gasteiger partial charge in [0, 0.05) is 31.0 Å². The Kier molecular flexibility index (Phi) is 5.68. The van der Waals surface area contributed by atoms with Gasteiger partial charge in [-0.1, -0.05) is 39.0 Å². The van der Waals surface area contributed by atoms with Crippen molar-refractivity contribution in [2.75, 3.05) is 4.72 Å². The summed E-state index contributed by atoms with van der Waals surface area (Å²) in [5.41, 5.74) is 3.02. The maximum absolute atomic E-state index is 13.2. The lowest BCUT2D eigenvalue weighted by molar-refractivity contribution is 0.0767. The van der Waals surface area contributed by atoms with Crippen LogP contribution in [0, 0.1) is 11.3 Å². The van der Waals surface area contributed by atoms with Crippen LogP contribution in [0.1, 0.15) is 53.4 Å². The molecule has 0 radical (unpaired) electrons. The van der Waals surface area contributed by atoms with Gasteiger partial charge in [0.05, 0.1) is 27.8 Å². The van der Waals surface area contributed by atoms with Crippen LogP contribution in [0.2, 0.25) is 0 Å². The Morgan fingerprint density at radius 1 is 1.12 bits per heavy atom. The minimum absolute atomic E-state index is 0.103. The van der Waals surface area contributed by atoms with E-state index in [2.05, 4.69) is 36.5 Å². The number of carbonyl (C=O) groups excluding carboxylic acids is 1. The highest BCUT2D eigenvalue weighted by atomic mass is 32.2. The molecule has 7 nitrogen and oxygen atoms in total. The van der Waals surface area contributed by atoms with Crippen LogP contribution in [0.3, 0.4) is 0 Å². The second kappa shape index (κ2) is 8.34. The van der Waals surface area contributed by atoms with Crippen molar-refractivity contribution in [1.82, 2.24) is 9.88 Å². The Balaban J connectivity index is 1.66. The predicted molar refractivity (Wildman–Crippen MR) is 125 cm³/mol. The molecular weight excluding hydrogens is 436 g/mol. The third-order valence-corrected chi connectivity index (χ3v) is 7.04. The monoisotopic (exact) mass is 460 g/mol. The number of nitriles is 1. The summed E-state index contributed by atoms with van der Waals surface area (Å²) in [6.45, 7) is 6.70. The topological polar surface area (TPSA) is 103 Å². The molecule has 0 unspecified atom stereocenters. The number of benzene rings is 2. The number of hydrogen-bond donors (Lipinski definition) is 1. The predicted octanol–water partition coefficient (Wildman–Crippen LogP) is 4.21. The summed E-state index contributed by atoms with van der Waals surface area (Å²) in [6.07, 6.45) is 3.32. The Morgan fingerprint density at radius 3 is 2.45 bits per heavy atom. The smallest absolute Gasteiger partial charge is 0.261 e. The van der Waals surface area contributed by atoms with Crippen molar-refractivity contribution in [3.05, 3.63) is 88.7 Å². The van der Waals surface area contributed by atoms with E-state index in [0.29, 0.717) is 17.7 Å². The zero-order chi connectivity index (χ0) is 23.8. The van der Waals surface area contributed by atoms with Gasteiger partial charge in [-0.15, -0.1) is 0 Å². The van der Waals surface area contributed by atoms with Gasteiger partial charge in [0.25, 0.3) is 15.9 Å². The van der Waals surface area contributed by atoms with Gasteiger partial charge in [-0.3, -0.25) is 14.5 Å². The number of nitrogens with one attached hydrogen (secondary N) is 1. The fourth-order valence-electron chi connectivity index (χ4n) is 3.84. The number of sulfonamides is 1. The van der Waals surface area contributed by atoms with Crippen molar-refractivity contribution in [3.8, 4) is 6.07 Å². The summed E-state index contributed by atoms with van der Waals surface area (Å²) in [6, 6.07) is 15.5. The lowest BCUT2D eigenvalue weighted by Gasteiger charge is -2.19. The fourth-order valence-corrected chi connectivity index (χ4v) is 4.92. The average Bonchev–Trinajstić information content (AvgIpc) is 3.10. The molecular formula is C25H24N4O3S. The molecule has 1 N–H and O–H groups in total. The van der Waals surface area contributed by atoms with E-state index in [4.69, 9.17) is 0 Å². The molecule has 33 heavy (non-hydrogen) atoms. The van der Waals surface area contributed by atoms with Gasteiger partial charge in [-0.2, -0.15) is 5.26 Å². The number of carbonyl (C=O) groups is 1. The van der Waals surface area contributed by atoms with E-state index in [-0.39, 0.29) is 34.0 Å². The average molecular weight is 461 g/mol. The van der Waals surface area contributed by atoms with Gasteiger partial charge in [0.2, 0.25) is 0 Å². The van der Waals surface area contributed by atoms with Crippen molar-refractivity contribution in [2.24, 2.45) is 0 Å². The van der Waals surface area contributed by atoms with E-state index in [9.17, 15) is 18.5 Å². The van der Waals surface area contributed by atoms with E-state index >= 15 is 0 Å². The van der Waals surface area contributed by atoms with Gasteiger partial charge in [0.1, 0.15) is 0 Å². The number of nitrogens with zero attached hydrogens (tertiary/aromatic N) is 3. The van der Waals surface area contributed by atoms with Gasteiger partial charge < -0.3 is 4.90 Å². The molecule has 0 atom stereocenters. The second-order valence-electron chi connectivity index (χ2n) is 9.03. The van der Waals surface area contributed by atoms with Crippen molar-refractivity contribution in [3.63, 3.8) is 0 Å². The molecule has 0 bridgehead atoms. The summed E-state index contributed by atoms with van der Waals surface area (Å²) in [5, 5.41) is 9.53. The Labute approximate surface area is 193 Å². The molecule has 0 aliphatic carbocycles. The van der Waals surface area contributed by atoms with Crippen molar-refractivity contribution >= 4 is 21.6 Å². The van der Waals surface area contributed by atoms with Gasteiger partial charge in [0.15, 0.2) is 0 Å². The maximum Gasteiger partial charge on any atom is 0.261 e. The number of fused-ring (bicyclic) bond motifs is 1. The number of rotatable bonds is 5. The molecule has 2 aromatic carbocycles. The van der Waals surface area contributed by atoms with Crippen LogP contribution in [0.4, 0.5) is 5.69 Å². The Morgan fingerprint density at radius 2 is 1.85 bits per heavy atom. The van der Waals surface area contributed by atoms with Crippen LogP contribution in [0.25, 0.3) is 0 Å². The summed E-state index contributed by atoms with van der Waals surface area (Å²) in [4.78, 5) is 19.0. The first-order valence-electron chi connectivity index (χ1n) is 10.5. The number of amides is 1. The summed E-state index contributed by atoms with van der Waals surface area (Å²) >= 11 is 0. The standard InChI is InChI=1S/C25H24N4O3S/c1-25(2,3)19-7-9-20(10-8-19)33(31,32)28-22-11-6-18(13-26)21-16-29(24(30)23(21)22)15-17-5-4-12-27-14-17/h4-12,14,28H,15-16H2,1-3H3.